The predicted molar refractivity (Wildman–Crippen MR) is 105 cm³/mol. The van der Waals surface area contributed by atoms with Crippen LogP contribution in [0.3, 0.4) is 0 Å². The molecule has 8 rings (SSSR count). The quantitative estimate of drug-likeness (QED) is 0.397. The molecule has 16 unspecified atom stereocenters. The average Bonchev–Trinajstić information content (AvgIpc) is 3.50. The second-order valence-electron chi connectivity index (χ2n) is 12.0. The van der Waals surface area contributed by atoms with Crippen molar-refractivity contribution < 1.29 is 12.6 Å². The number of rotatable bonds is 2. The van der Waals surface area contributed by atoms with Crippen molar-refractivity contribution in [3.63, 3.8) is 0 Å². The van der Waals surface area contributed by atoms with Crippen LogP contribution in [-0.2, 0) is 14.3 Å². The van der Waals surface area contributed by atoms with E-state index in [0.717, 1.165) is 71.9 Å². The first-order valence-corrected chi connectivity index (χ1v) is 13.7. The lowest BCUT2D eigenvalue weighted by Crippen LogP contribution is -2.50. The number of nitriles is 1. The number of fused-ring (bicyclic) bond motifs is 23. The van der Waals surface area contributed by atoms with Gasteiger partial charge in [-0.25, -0.2) is 0 Å². The van der Waals surface area contributed by atoms with Gasteiger partial charge in [-0.2, -0.15) is 13.7 Å². The Balaban J connectivity index is 1.17. The maximum atomic E-state index is 11.9. The zero-order chi connectivity index (χ0) is 19.4. The van der Waals surface area contributed by atoms with Gasteiger partial charge in [0.05, 0.1) is 24.3 Å². The molecular weight excluding hydrogens is 382 g/mol. The molecule has 7 fully saturated rings. The fourth-order valence-electron chi connectivity index (χ4n) is 11.9. The van der Waals surface area contributed by atoms with E-state index in [9.17, 15) is 13.7 Å². The minimum Gasteiger partial charge on any atom is -0.265 e. The zero-order valence-corrected chi connectivity index (χ0v) is 17.6. The van der Waals surface area contributed by atoms with Gasteiger partial charge in [0, 0.05) is 0 Å². The molecule has 8 aliphatic carbocycles. The highest BCUT2D eigenvalue weighted by Gasteiger charge is 2.77. The van der Waals surface area contributed by atoms with Crippen molar-refractivity contribution in [3.05, 3.63) is 12.2 Å². The molecule has 0 aromatic heterocycles. The van der Waals surface area contributed by atoms with Crippen LogP contribution in [0.15, 0.2) is 12.2 Å². The smallest absolute Gasteiger partial charge is 0.264 e. The Morgan fingerprint density at radius 2 is 1.24 bits per heavy atom. The molecule has 0 saturated heterocycles. The van der Waals surface area contributed by atoms with E-state index in [1.807, 2.05) is 0 Å². The predicted octanol–water partition coefficient (Wildman–Crippen LogP) is 3.32. The number of hydrogen-bond donors (Lipinski definition) is 0. The minimum absolute atomic E-state index is 0.217. The number of allylic oxidation sites excluding steroid dienone is 2. The molecule has 0 N–H and O–H groups in total. The summed E-state index contributed by atoms with van der Waals surface area (Å²) in [6, 6.07) is 2.49. The van der Waals surface area contributed by atoms with Crippen LogP contribution < -0.4 is 0 Å². The molecular formula is C24H29NO3S. The van der Waals surface area contributed by atoms with Gasteiger partial charge < -0.3 is 0 Å². The molecule has 4 nitrogen and oxygen atoms in total. The molecule has 16 atom stereocenters. The zero-order valence-electron chi connectivity index (χ0n) is 16.8. The normalized spacial score (nSPS) is 66.5. The third-order valence-corrected chi connectivity index (χ3v) is 12.3. The van der Waals surface area contributed by atoms with Crippen molar-refractivity contribution in [2.75, 3.05) is 6.26 Å². The Morgan fingerprint density at radius 3 is 1.79 bits per heavy atom. The molecule has 8 bridgehead atoms. The summed E-state index contributed by atoms with van der Waals surface area (Å²) < 4.78 is 29.4. The Morgan fingerprint density at radius 1 is 0.759 bits per heavy atom. The third-order valence-electron chi connectivity index (χ3n) is 11.7. The SMILES string of the molecule is CS(=O)(=O)OC1C(C#N)C2CC1C1C3CC(C21)C1C2CC(C4C5C=CC(C5)C24)C31. The van der Waals surface area contributed by atoms with Gasteiger partial charge in [0.1, 0.15) is 0 Å². The van der Waals surface area contributed by atoms with Crippen LogP contribution in [0.1, 0.15) is 25.7 Å². The van der Waals surface area contributed by atoms with Gasteiger partial charge in [0.25, 0.3) is 10.1 Å². The summed E-state index contributed by atoms with van der Waals surface area (Å²) in [5.74, 6) is 10.8. The Hall–Kier alpha value is -0.860. The minimum atomic E-state index is -3.52. The third kappa shape index (κ3) is 1.75. The molecule has 5 heteroatoms. The van der Waals surface area contributed by atoms with Crippen molar-refractivity contribution in [1.29, 1.82) is 5.26 Å². The van der Waals surface area contributed by atoms with Crippen molar-refractivity contribution in [1.82, 2.24) is 0 Å². The molecule has 0 amide bonds. The molecule has 0 aromatic carbocycles. The number of nitrogens with zero attached hydrogens (tertiary/aromatic N) is 1. The molecule has 0 aromatic rings. The van der Waals surface area contributed by atoms with Gasteiger partial charge in [-0.15, -0.1) is 0 Å². The van der Waals surface area contributed by atoms with Crippen LogP contribution in [0.5, 0.6) is 0 Å². The van der Waals surface area contributed by atoms with E-state index in [1.165, 1.54) is 19.3 Å². The van der Waals surface area contributed by atoms with Gasteiger partial charge in [0.15, 0.2) is 0 Å². The van der Waals surface area contributed by atoms with Gasteiger partial charge in [-0.3, -0.25) is 4.18 Å². The first kappa shape index (κ1) is 16.8. The largest absolute Gasteiger partial charge is 0.265 e. The topological polar surface area (TPSA) is 67.2 Å². The van der Waals surface area contributed by atoms with E-state index in [-0.39, 0.29) is 12.0 Å². The fraction of sp³-hybridized carbons (Fsp3) is 0.875. The number of hydrogen-bond acceptors (Lipinski definition) is 4. The van der Waals surface area contributed by atoms with Gasteiger partial charge in [0.2, 0.25) is 0 Å². The summed E-state index contributed by atoms with van der Waals surface area (Å²) in [5, 5.41) is 9.90. The standard InChI is InChI=1S/C24H29NO3S/c1-29(26,27)28-24-16-5-11(17(24)8-25)20-14-7-15(23(16)20)22-13-6-12(21(14)22)18-9-2-3-10(4-9)19(13)18/h2-3,9-24H,4-7H2,1H3. The average molecular weight is 412 g/mol. The lowest BCUT2D eigenvalue weighted by molar-refractivity contribution is -0.0505. The maximum absolute atomic E-state index is 11.9. The van der Waals surface area contributed by atoms with Crippen molar-refractivity contribution in [3.8, 4) is 6.07 Å². The summed E-state index contributed by atoms with van der Waals surface area (Å²) in [7, 11) is -3.52. The van der Waals surface area contributed by atoms with Gasteiger partial charge >= 0.3 is 0 Å². The molecule has 0 spiro atoms. The van der Waals surface area contributed by atoms with Crippen LogP contribution in [0.2, 0.25) is 0 Å². The second kappa shape index (κ2) is 4.96. The van der Waals surface area contributed by atoms with Crippen molar-refractivity contribution in [2.45, 2.75) is 31.8 Å². The lowest BCUT2D eigenvalue weighted by Gasteiger charge is -2.51. The first-order valence-electron chi connectivity index (χ1n) is 11.9. The molecule has 0 radical (unpaired) electrons. The Labute approximate surface area is 173 Å². The molecule has 29 heavy (non-hydrogen) atoms. The summed E-state index contributed by atoms with van der Waals surface area (Å²) in [4.78, 5) is 0. The second-order valence-corrected chi connectivity index (χ2v) is 13.6. The molecule has 7 saturated carbocycles. The first-order chi connectivity index (χ1) is 14.0. The van der Waals surface area contributed by atoms with Crippen LogP contribution in [0.4, 0.5) is 0 Å². The van der Waals surface area contributed by atoms with Crippen molar-refractivity contribution >= 4 is 10.1 Å². The van der Waals surface area contributed by atoms with E-state index < -0.39 is 10.1 Å². The van der Waals surface area contributed by atoms with Crippen molar-refractivity contribution in [2.24, 2.45) is 88.8 Å². The van der Waals surface area contributed by atoms with E-state index in [0.29, 0.717) is 23.7 Å². The summed E-state index contributed by atoms with van der Waals surface area (Å²) in [6.07, 6.45) is 11.2. The Bertz CT molecular complexity index is 983. The highest BCUT2D eigenvalue weighted by molar-refractivity contribution is 7.86. The summed E-state index contributed by atoms with van der Waals surface area (Å²) in [6.45, 7) is 0. The van der Waals surface area contributed by atoms with Gasteiger partial charge in [-0.1, -0.05) is 12.2 Å². The fourth-order valence-corrected chi connectivity index (χ4v) is 12.6. The van der Waals surface area contributed by atoms with E-state index in [1.54, 1.807) is 0 Å². The lowest BCUT2D eigenvalue weighted by atomic mass is 9.54. The maximum Gasteiger partial charge on any atom is 0.264 e. The monoisotopic (exact) mass is 411 g/mol. The highest BCUT2D eigenvalue weighted by atomic mass is 32.2. The molecule has 0 aliphatic heterocycles. The molecule has 154 valence electrons. The van der Waals surface area contributed by atoms with Gasteiger partial charge in [-0.05, 0) is 109 Å². The van der Waals surface area contributed by atoms with E-state index in [4.69, 9.17) is 4.18 Å². The summed E-state index contributed by atoms with van der Waals surface area (Å²) >= 11 is 0. The van der Waals surface area contributed by atoms with Crippen LogP contribution in [0, 0.1) is 100 Å². The van der Waals surface area contributed by atoms with Crippen LogP contribution in [-0.4, -0.2) is 20.8 Å². The van der Waals surface area contributed by atoms with E-state index >= 15 is 0 Å². The van der Waals surface area contributed by atoms with Crippen LogP contribution in [0.25, 0.3) is 0 Å². The summed E-state index contributed by atoms with van der Waals surface area (Å²) in [5.41, 5.74) is 0. The highest BCUT2D eigenvalue weighted by Crippen LogP contribution is 2.81. The van der Waals surface area contributed by atoms with E-state index in [2.05, 4.69) is 18.2 Å². The molecule has 8 aliphatic rings. The molecule has 0 heterocycles. The Kier molecular flexibility index (Phi) is 2.87. The van der Waals surface area contributed by atoms with Crippen LogP contribution >= 0.6 is 0 Å².